The maximum absolute atomic E-state index is 11.3. The number of halogens is 1. The van der Waals surface area contributed by atoms with Gasteiger partial charge in [0.2, 0.25) is 0 Å². The Balaban J connectivity index is 1.68. The molecule has 0 atom stereocenters. The quantitative estimate of drug-likeness (QED) is 0.229. The minimum absolute atomic E-state index is 0.209. The average molecular weight is 439 g/mol. The van der Waals surface area contributed by atoms with Gasteiger partial charge in [0.05, 0.1) is 11.0 Å². The fourth-order valence-electron chi connectivity index (χ4n) is 2.69. The highest BCUT2D eigenvalue weighted by Crippen LogP contribution is 2.30. The van der Waals surface area contributed by atoms with Crippen LogP contribution < -0.4 is 10.0 Å². The Kier molecular flexibility index (Phi) is 5.60. The molecule has 0 aliphatic carbocycles. The van der Waals surface area contributed by atoms with Crippen LogP contribution in [-0.2, 0) is 0 Å². The van der Waals surface area contributed by atoms with Crippen LogP contribution in [0.15, 0.2) is 71.6 Å². The molecule has 0 saturated carbocycles. The summed E-state index contributed by atoms with van der Waals surface area (Å²) in [7, 11) is 0. The van der Waals surface area contributed by atoms with Gasteiger partial charge < -0.3 is 20.3 Å². The average Bonchev–Trinajstić information content (AvgIpc) is 2.74. The number of aromatic hydroxyl groups is 1. The summed E-state index contributed by atoms with van der Waals surface area (Å²) in [5, 5.41) is 22.7. The van der Waals surface area contributed by atoms with Gasteiger partial charge >= 0.3 is 5.97 Å². The molecule has 4 N–H and O–H groups in total. The van der Waals surface area contributed by atoms with Crippen LogP contribution in [0.2, 0.25) is 5.02 Å². The second-order valence-electron chi connectivity index (χ2n) is 6.23. The standard InChI is InChI=1S/C21H15ClN4O3S/c22-12-5-8-14(9-6-12)30-26-20-19(24-16-3-1-2-4-17(16)25-20)23-13-7-10-18(27)15(11-13)21(28)29/h1-11,27H,(H,23,24)(H,25,26)(H,28,29). The van der Waals surface area contributed by atoms with Gasteiger partial charge in [-0.25, -0.2) is 14.8 Å². The molecule has 1 aromatic heterocycles. The van der Waals surface area contributed by atoms with Gasteiger partial charge in [0.15, 0.2) is 11.6 Å². The van der Waals surface area contributed by atoms with Crippen LogP contribution in [0.5, 0.6) is 5.75 Å². The number of para-hydroxylation sites is 2. The Morgan fingerprint density at radius 3 is 2.27 bits per heavy atom. The summed E-state index contributed by atoms with van der Waals surface area (Å²) in [5.41, 5.74) is 1.63. The number of anilines is 3. The lowest BCUT2D eigenvalue weighted by Crippen LogP contribution is -2.03. The van der Waals surface area contributed by atoms with Gasteiger partial charge in [0, 0.05) is 15.6 Å². The summed E-state index contributed by atoms with van der Waals surface area (Å²) in [5.74, 6) is -0.650. The van der Waals surface area contributed by atoms with Crippen molar-refractivity contribution in [1.29, 1.82) is 0 Å². The number of nitrogens with zero attached hydrogens (tertiary/aromatic N) is 2. The molecule has 150 valence electrons. The van der Waals surface area contributed by atoms with Gasteiger partial charge in [-0.3, -0.25) is 0 Å². The molecule has 1 heterocycles. The lowest BCUT2D eigenvalue weighted by molar-refractivity contribution is 0.0694. The van der Waals surface area contributed by atoms with Gasteiger partial charge in [0.25, 0.3) is 0 Å². The molecule has 9 heteroatoms. The summed E-state index contributed by atoms with van der Waals surface area (Å²) >= 11 is 7.27. The van der Waals surface area contributed by atoms with Gasteiger partial charge in [-0.2, -0.15) is 0 Å². The number of aromatic carboxylic acids is 1. The largest absolute Gasteiger partial charge is 0.507 e. The molecule has 30 heavy (non-hydrogen) atoms. The molecule has 3 aromatic carbocycles. The second kappa shape index (κ2) is 8.48. The van der Waals surface area contributed by atoms with E-state index in [4.69, 9.17) is 11.6 Å². The Morgan fingerprint density at radius 1 is 0.933 bits per heavy atom. The minimum atomic E-state index is -1.22. The van der Waals surface area contributed by atoms with Gasteiger partial charge in [-0.05, 0) is 66.5 Å². The van der Waals surface area contributed by atoms with Crippen molar-refractivity contribution in [3.8, 4) is 5.75 Å². The third-order valence-corrected chi connectivity index (χ3v) is 5.19. The maximum Gasteiger partial charge on any atom is 0.339 e. The van der Waals surface area contributed by atoms with Crippen LogP contribution in [-0.4, -0.2) is 26.2 Å². The van der Waals surface area contributed by atoms with Gasteiger partial charge in [-0.1, -0.05) is 23.7 Å². The minimum Gasteiger partial charge on any atom is -0.507 e. The molecular weight excluding hydrogens is 424 g/mol. The van der Waals surface area contributed by atoms with Crippen LogP contribution in [0.1, 0.15) is 10.4 Å². The number of aromatic nitrogens is 2. The zero-order valence-electron chi connectivity index (χ0n) is 15.3. The van der Waals surface area contributed by atoms with E-state index in [1.165, 1.54) is 24.1 Å². The monoisotopic (exact) mass is 438 g/mol. The lowest BCUT2D eigenvalue weighted by atomic mass is 10.2. The third kappa shape index (κ3) is 4.40. The molecule has 0 fully saturated rings. The number of benzene rings is 3. The van der Waals surface area contributed by atoms with E-state index in [0.717, 1.165) is 4.90 Å². The zero-order chi connectivity index (χ0) is 21.1. The first kappa shape index (κ1) is 19.8. The van der Waals surface area contributed by atoms with E-state index in [1.54, 1.807) is 18.2 Å². The van der Waals surface area contributed by atoms with Gasteiger partial charge in [-0.15, -0.1) is 0 Å². The van der Waals surface area contributed by atoms with E-state index in [1.807, 2.05) is 36.4 Å². The molecule has 4 rings (SSSR count). The molecule has 0 spiro atoms. The highest BCUT2D eigenvalue weighted by Gasteiger charge is 2.13. The number of carboxylic acids is 1. The Bertz CT molecular complexity index is 1230. The van der Waals surface area contributed by atoms with E-state index in [2.05, 4.69) is 20.0 Å². The SMILES string of the molecule is O=C(O)c1cc(Nc2nc3ccccc3nc2NSc2ccc(Cl)cc2)ccc1O. The molecular formula is C21H15ClN4O3S. The number of carbonyl (C=O) groups is 1. The van der Waals surface area contributed by atoms with Crippen molar-refractivity contribution in [2.45, 2.75) is 4.90 Å². The van der Waals surface area contributed by atoms with Crippen molar-refractivity contribution in [2.24, 2.45) is 0 Å². The predicted molar refractivity (Wildman–Crippen MR) is 119 cm³/mol. The molecule has 0 radical (unpaired) electrons. The fourth-order valence-corrected chi connectivity index (χ4v) is 3.45. The maximum atomic E-state index is 11.3. The number of hydrogen-bond acceptors (Lipinski definition) is 7. The topological polar surface area (TPSA) is 107 Å². The van der Waals surface area contributed by atoms with Crippen molar-refractivity contribution >= 4 is 57.9 Å². The molecule has 0 amide bonds. The molecule has 0 aliphatic rings. The summed E-state index contributed by atoms with van der Waals surface area (Å²) in [4.78, 5) is 21.5. The molecule has 0 unspecified atom stereocenters. The normalized spacial score (nSPS) is 10.7. The van der Waals surface area contributed by atoms with E-state index < -0.39 is 5.97 Å². The molecule has 0 aliphatic heterocycles. The van der Waals surface area contributed by atoms with Crippen molar-refractivity contribution in [3.05, 3.63) is 77.3 Å². The third-order valence-electron chi connectivity index (χ3n) is 4.14. The first-order valence-corrected chi connectivity index (χ1v) is 9.97. The Labute approximate surface area is 180 Å². The highest BCUT2D eigenvalue weighted by atomic mass is 35.5. The van der Waals surface area contributed by atoms with Crippen LogP contribution in [0.4, 0.5) is 17.3 Å². The van der Waals surface area contributed by atoms with E-state index in [0.29, 0.717) is 33.4 Å². The summed E-state index contributed by atoms with van der Waals surface area (Å²) < 4.78 is 3.18. The number of fused-ring (bicyclic) bond motifs is 1. The molecule has 0 bridgehead atoms. The van der Waals surface area contributed by atoms with Crippen molar-refractivity contribution in [3.63, 3.8) is 0 Å². The van der Waals surface area contributed by atoms with Crippen LogP contribution in [0.25, 0.3) is 11.0 Å². The zero-order valence-corrected chi connectivity index (χ0v) is 16.9. The first-order valence-electron chi connectivity index (χ1n) is 8.78. The number of rotatable bonds is 6. The van der Waals surface area contributed by atoms with Gasteiger partial charge in [0.1, 0.15) is 11.3 Å². The lowest BCUT2D eigenvalue weighted by Gasteiger charge is -2.13. The molecule has 7 nitrogen and oxygen atoms in total. The molecule has 0 saturated heterocycles. The van der Waals surface area contributed by atoms with Crippen molar-refractivity contribution in [2.75, 3.05) is 10.0 Å². The highest BCUT2D eigenvalue weighted by molar-refractivity contribution is 8.00. The number of nitrogens with one attached hydrogen (secondary N) is 2. The summed E-state index contributed by atoms with van der Waals surface area (Å²) in [6, 6.07) is 19.0. The first-order chi connectivity index (χ1) is 14.5. The Morgan fingerprint density at radius 2 is 1.60 bits per heavy atom. The summed E-state index contributed by atoms with van der Waals surface area (Å²) in [6.07, 6.45) is 0. The van der Waals surface area contributed by atoms with Crippen molar-refractivity contribution in [1.82, 2.24) is 9.97 Å². The number of phenols is 1. The molecule has 4 aromatic rings. The Hall–Kier alpha value is -3.49. The second-order valence-corrected chi connectivity index (χ2v) is 7.55. The summed E-state index contributed by atoms with van der Waals surface area (Å²) in [6.45, 7) is 0. The smallest absolute Gasteiger partial charge is 0.339 e. The van der Waals surface area contributed by atoms with Crippen LogP contribution >= 0.6 is 23.5 Å². The predicted octanol–water partition coefficient (Wildman–Crippen LogP) is 5.55. The van der Waals surface area contributed by atoms with E-state index in [-0.39, 0.29) is 11.3 Å². The number of carboxylic acid groups (broad SMARTS) is 1. The van der Waals surface area contributed by atoms with Crippen molar-refractivity contribution < 1.29 is 15.0 Å². The van der Waals surface area contributed by atoms with Crippen LogP contribution in [0, 0.1) is 0 Å². The van der Waals surface area contributed by atoms with Crippen LogP contribution in [0.3, 0.4) is 0 Å². The van der Waals surface area contributed by atoms with E-state index >= 15 is 0 Å². The number of hydrogen-bond donors (Lipinski definition) is 4. The van der Waals surface area contributed by atoms with E-state index in [9.17, 15) is 15.0 Å². The fraction of sp³-hybridized carbons (Fsp3) is 0.